The van der Waals surface area contributed by atoms with E-state index in [1.165, 1.54) is 6.08 Å². The van der Waals surface area contributed by atoms with E-state index in [0.717, 1.165) is 17.1 Å². The summed E-state index contributed by atoms with van der Waals surface area (Å²) in [4.78, 5) is 11.3. The topological polar surface area (TPSA) is 63.7 Å². The highest BCUT2D eigenvalue weighted by molar-refractivity contribution is 7.89. The maximum atomic E-state index is 12.0. The summed E-state index contributed by atoms with van der Waals surface area (Å²) in [5.41, 5.74) is 0. The number of esters is 1. The van der Waals surface area contributed by atoms with Gasteiger partial charge in [0, 0.05) is 6.54 Å². The summed E-state index contributed by atoms with van der Waals surface area (Å²) in [5, 5.41) is 0. The van der Waals surface area contributed by atoms with E-state index in [-0.39, 0.29) is 31.4 Å². The molecular weight excluding hydrogens is 242 g/mol. The second-order valence-electron chi connectivity index (χ2n) is 4.11. The molecule has 0 bridgehead atoms. The Bertz CT molecular complexity index is 373. The third-order valence-corrected chi connectivity index (χ3v) is 4.44. The van der Waals surface area contributed by atoms with Crippen LogP contribution >= 0.6 is 0 Å². The van der Waals surface area contributed by atoms with Crippen molar-refractivity contribution in [2.45, 2.75) is 19.8 Å². The van der Waals surface area contributed by atoms with Crippen LogP contribution in [0.3, 0.4) is 0 Å². The van der Waals surface area contributed by atoms with Crippen LogP contribution in [0, 0.1) is 5.92 Å². The molecule has 0 heterocycles. The molecule has 0 aromatic carbocycles. The predicted molar refractivity (Wildman–Crippen MR) is 64.9 cm³/mol. The lowest BCUT2D eigenvalue weighted by atomic mass is 10.5. The predicted octanol–water partition coefficient (Wildman–Crippen LogP) is 0.777. The molecule has 1 fully saturated rings. The molecule has 17 heavy (non-hydrogen) atoms. The van der Waals surface area contributed by atoms with Gasteiger partial charge in [-0.25, -0.2) is 8.42 Å². The minimum Gasteiger partial charge on any atom is -0.465 e. The highest BCUT2D eigenvalue weighted by Gasteiger charge is 2.32. The second-order valence-corrected chi connectivity index (χ2v) is 6.12. The summed E-state index contributed by atoms with van der Waals surface area (Å²) in [7, 11) is -3.37. The molecule has 0 spiro atoms. The molecule has 1 aliphatic carbocycles. The van der Waals surface area contributed by atoms with E-state index in [0.29, 0.717) is 0 Å². The number of carbonyl (C=O) groups is 1. The fourth-order valence-electron chi connectivity index (χ4n) is 1.46. The molecule has 0 aromatic heterocycles. The Morgan fingerprint density at radius 2 is 2.18 bits per heavy atom. The van der Waals surface area contributed by atoms with Gasteiger partial charge in [0.2, 0.25) is 10.0 Å². The van der Waals surface area contributed by atoms with Gasteiger partial charge >= 0.3 is 5.97 Å². The molecule has 0 unspecified atom stereocenters. The Balaban J connectivity index is 2.62. The monoisotopic (exact) mass is 261 g/mol. The SMILES string of the molecule is C=CCN(CC(=O)OCC)S(=O)(=O)CC1CC1. The van der Waals surface area contributed by atoms with E-state index in [9.17, 15) is 13.2 Å². The molecule has 0 amide bonds. The van der Waals surface area contributed by atoms with Crippen molar-refractivity contribution >= 4 is 16.0 Å². The van der Waals surface area contributed by atoms with Crippen molar-refractivity contribution in [2.24, 2.45) is 5.92 Å². The van der Waals surface area contributed by atoms with Gasteiger partial charge in [-0.2, -0.15) is 4.31 Å². The molecule has 0 aliphatic heterocycles. The summed E-state index contributed by atoms with van der Waals surface area (Å²) in [6, 6.07) is 0. The maximum absolute atomic E-state index is 12.0. The lowest BCUT2D eigenvalue weighted by Crippen LogP contribution is -2.38. The number of carbonyl (C=O) groups excluding carboxylic acids is 1. The molecule has 6 heteroatoms. The Kier molecular flexibility index (Phi) is 5.14. The van der Waals surface area contributed by atoms with Gasteiger partial charge in [0.05, 0.1) is 12.4 Å². The number of ether oxygens (including phenoxy) is 1. The van der Waals surface area contributed by atoms with Crippen LogP contribution < -0.4 is 0 Å². The molecule has 1 saturated carbocycles. The number of rotatable bonds is 8. The average molecular weight is 261 g/mol. The zero-order chi connectivity index (χ0) is 12.9. The van der Waals surface area contributed by atoms with Crippen LogP contribution in [-0.2, 0) is 19.6 Å². The third-order valence-electron chi connectivity index (χ3n) is 2.48. The first-order valence-electron chi connectivity index (χ1n) is 5.74. The Morgan fingerprint density at radius 1 is 1.53 bits per heavy atom. The molecule has 0 saturated heterocycles. The van der Waals surface area contributed by atoms with Gasteiger partial charge in [-0.05, 0) is 25.7 Å². The van der Waals surface area contributed by atoms with E-state index in [4.69, 9.17) is 4.74 Å². The van der Waals surface area contributed by atoms with E-state index in [1.54, 1.807) is 6.92 Å². The Labute approximate surface area is 102 Å². The first-order chi connectivity index (χ1) is 7.99. The standard InChI is InChI=1S/C11H19NO4S/c1-3-7-12(8-11(13)16-4-2)17(14,15)9-10-5-6-10/h3,10H,1,4-9H2,2H3. The largest absolute Gasteiger partial charge is 0.465 e. The smallest absolute Gasteiger partial charge is 0.321 e. The van der Waals surface area contributed by atoms with Crippen LogP contribution in [0.25, 0.3) is 0 Å². The van der Waals surface area contributed by atoms with Gasteiger partial charge in [-0.15, -0.1) is 6.58 Å². The first kappa shape index (κ1) is 14.2. The molecule has 0 aromatic rings. The van der Waals surface area contributed by atoms with Crippen LogP contribution in [0.2, 0.25) is 0 Å². The fourth-order valence-corrected chi connectivity index (χ4v) is 3.23. The van der Waals surface area contributed by atoms with Gasteiger partial charge in [0.1, 0.15) is 6.54 Å². The van der Waals surface area contributed by atoms with Crippen molar-refractivity contribution < 1.29 is 17.9 Å². The highest BCUT2D eigenvalue weighted by Crippen LogP contribution is 2.31. The first-order valence-corrected chi connectivity index (χ1v) is 7.35. The normalized spacial score (nSPS) is 15.9. The minimum atomic E-state index is -3.37. The summed E-state index contributed by atoms with van der Waals surface area (Å²) < 4.78 is 29.9. The third kappa shape index (κ3) is 4.87. The summed E-state index contributed by atoms with van der Waals surface area (Å²) in [5.74, 6) is -0.136. The van der Waals surface area contributed by atoms with E-state index >= 15 is 0 Å². The number of nitrogens with zero attached hydrogens (tertiary/aromatic N) is 1. The highest BCUT2D eigenvalue weighted by atomic mass is 32.2. The van der Waals surface area contributed by atoms with Gasteiger partial charge in [-0.3, -0.25) is 4.79 Å². The molecule has 0 atom stereocenters. The number of hydrogen-bond acceptors (Lipinski definition) is 4. The number of hydrogen-bond donors (Lipinski definition) is 0. The van der Waals surface area contributed by atoms with Crippen LogP contribution in [0.4, 0.5) is 0 Å². The molecule has 98 valence electrons. The van der Waals surface area contributed by atoms with E-state index in [1.807, 2.05) is 0 Å². The van der Waals surface area contributed by atoms with Crippen molar-refractivity contribution in [3.8, 4) is 0 Å². The summed E-state index contributed by atoms with van der Waals surface area (Å²) >= 11 is 0. The second kappa shape index (κ2) is 6.16. The summed E-state index contributed by atoms with van der Waals surface area (Å²) in [6.45, 7) is 5.37. The van der Waals surface area contributed by atoms with Gasteiger partial charge < -0.3 is 4.74 Å². The quantitative estimate of drug-likeness (QED) is 0.478. The summed E-state index contributed by atoms with van der Waals surface area (Å²) in [6.07, 6.45) is 3.39. The minimum absolute atomic E-state index is 0.125. The van der Waals surface area contributed by atoms with E-state index in [2.05, 4.69) is 6.58 Å². The fraction of sp³-hybridized carbons (Fsp3) is 0.727. The number of sulfonamides is 1. The molecular formula is C11H19NO4S. The zero-order valence-corrected chi connectivity index (χ0v) is 10.9. The zero-order valence-electron chi connectivity index (χ0n) is 10.1. The molecule has 5 nitrogen and oxygen atoms in total. The van der Waals surface area contributed by atoms with Crippen LogP contribution in [0.1, 0.15) is 19.8 Å². The Morgan fingerprint density at radius 3 is 2.65 bits per heavy atom. The van der Waals surface area contributed by atoms with Crippen molar-refractivity contribution in [1.82, 2.24) is 4.31 Å². The molecule has 1 rings (SSSR count). The van der Waals surface area contributed by atoms with Gasteiger partial charge in [-0.1, -0.05) is 6.08 Å². The molecule has 0 N–H and O–H groups in total. The van der Waals surface area contributed by atoms with Crippen molar-refractivity contribution in [3.63, 3.8) is 0 Å². The van der Waals surface area contributed by atoms with E-state index < -0.39 is 16.0 Å². The van der Waals surface area contributed by atoms with Gasteiger partial charge in [0.25, 0.3) is 0 Å². The van der Waals surface area contributed by atoms with Crippen LogP contribution in [0.15, 0.2) is 12.7 Å². The molecule has 1 aliphatic rings. The van der Waals surface area contributed by atoms with Crippen molar-refractivity contribution in [2.75, 3.05) is 25.4 Å². The van der Waals surface area contributed by atoms with Crippen molar-refractivity contribution in [3.05, 3.63) is 12.7 Å². The lowest BCUT2D eigenvalue weighted by molar-refractivity contribution is -0.143. The molecule has 0 radical (unpaired) electrons. The van der Waals surface area contributed by atoms with Crippen molar-refractivity contribution in [1.29, 1.82) is 0 Å². The maximum Gasteiger partial charge on any atom is 0.321 e. The average Bonchev–Trinajstić information content (AvgIpc) is 3.00. The lowest BCUT2D eigenvalue weighted by Gasteiger charge is -2.19. The van der Waals surface area contributed by atoms with Crippen LogP contribution in [-0.4, -0.2) is 44.1 Å². The Hall–Kier alpha value is -0.880. The van der Waals surface area contributed by atoms with Gasteiger partial charge in [0.15, 0.2) is 0 Å². The van der Waals surface area contributed by atoms with Crippen LogP contribution in [0.5, 0.6) is 0 Å².